The van der Waals surface area contributed by atoms with E-state index < -0.39 is 24.3 Å². The molecule has 2 fully saturated rings. The van der Waals surface area contributed by atoms with Gasteiger partial charge < -0.3 is 39.9 Å². The summed E-state index contributed by atoms with van der Waals surface area (Å²) in [6, 6.07) is 14.4. The van der Waals surface area contributed by atoms with Crippen molar-refractivity contribution in [3.05, 3.63) is 84.7 Å². The maximum absolute atomic E-state index is 13.6. The predicted octanol–water partition coefficient (Wildman–Crippen LogP) is 6.63. The summed E-state index contributed by atoms with van der Waals surface area (Å²) in [5, 5.41) is 5.37. The van der Waals surface area contributed by atoms with Gasteiger partial charge in [0.05, 0.1) is 50.1 Å². The quantitative estimate of drug-likeness (QED) is 0.110. The summed E-state index contributed by atoms with van der Waals surface area (Å²) in [6.45, 7) is 12.1. The van der Waals surface area contributed by atoms with Crippen LogP contribution in [0.25, 0.3) is 33.6 Å². The van der Waals surface area contributed by atoms with Crippen molar-refractivity contribution >= 4 is 24.0 Å². The SMILES string of the molecule is C=C1C[C@@H](c2ncc(-c3ccc(-c4ccc(-c5cnc([C@H](C6CC6)N(C)C(=O)[C@@H](NC(=O)OC)C(C)C)[nH]5)cc4)cc3)[nH]2)N(C(=O)[C@@H](NC(=O)OC)C(C)C)C1. The maximum atomic E-state index is 13.6. The van der Waals surface area contributed by atoms with Crippen LogP contribution in [0.1, 0.15) is 70.7 Å². The summed E-state index contributed by atoms with van der Waals surface area (Å²) >= 11 is 0. The number of hydrogen-bond donors (Lipinski definition) is 4. The van der Waals surface area contributed by atoms with Crippen LogP contribution in [0.2, 0.25) is 0 Å². The van der Waals surface area contributed by atoms with Crippen LogP contribution < -0.4 is 10.6 Å². The smallest absolute Gasteiger partial charge is 0.407 e. The molecule has 14 nitrogen and oxygen atoms in total. The maximum Gasteiger partial charge on any atom is 0.407 e. The van der Waals surface area contributed by atoms with Crippen molar-refractivity contribution in [2.75, 3.05) is 27.8 Å². The zero-order valence-corrected chi connectivity index (χ0v) is 33.1. The molecule has 296 valence electrons. The third-order valence-corrected chi connectivity index (χ3v) is 10.7. The van der Waals surface area contributed by atoms with E-state index >= 15 is 0 Å². The Hall–Kier alpha value is -5.92. The lowest BCUT2D eigenvalue weighted by molar-refractivity contribution is -0.136. The van der Waals surface area contributed by atoms with Crippen LogP contribution in [0.3, 0.4) is 0 Å². The lowest BCUT2D eigenvalue weighted by Gasteiger charge is -2.32. The van der Waals surface area contributed by atoms with Crippen LogP contribution in [0.4, 0.5) is 9.59 Å². The number of aromatic amines is 2. The number of hydrogen-bond acceptors (Lipinski definition) is 8. The van der Waals surface area contributed by atoms with Gasteiger partial charge in [-0.3, -0.25) is 9.59 Å². The molecule has 0 unspecified atom stereocenters. The highest BCUT2D eigenvalue weighted by atomic mass is 16.5. The first kappa shape index (κ1) is 39.8. The molecule has 2 aliphatic rings. The Morgan fingerprint density at radius 3 is 1.80 bits per heavy atom. The van der Waals surface area contributed by atoms with Crippen molar-refractivity contribution in [3.8, 4) is 33.6 Å². The number of carbonyl (C=O) groups is 4. The van der Waals surface area contributed by atoms with E-state index in [1.165, 1.54) is 14.2 Å². The number of alkyl carbamates (subject to hydrolysis) is 2. The second-order valence-corrected chi connectivity index (χ2v) is 15.4. The molecule has 0 spiro atoms. The second-order valence-electron chi connectivity index (χ2n) is 15.4. The number of imidazole rings is 2. The molecular weight excluding hydrogens is 713 g/mol. The summed E-state index contributed by atoms with van der Waals surface area (Å²) < 4.78 is 9.52. The standard InChI is InChI=1S/C42H52N8O6/c1-23(2)34(47-41(53)55-7)39(51)49(6)36(30-17-18-30)38-44-21-32(46-38)29-15-11-27(12-16-29)26-9-13-28(14-10-26)31-20-43-37(45-31)33-19-25(5)22-50(33)40(52)35(24(3)4)48-42(54)56-8/h9-16,20-21,23-24,30,33-36H,5,17-19,22H2,1-4,6-8H3,(H,43,45)(H,44,46)(H,47,53)(H,48,54)/t33-,34-,35-,36-/m0/s1. The molecule has 0 bridgehead atoms. The molecular formula is C42H52N8O6. The summed E-state index contributed by atoms with van der Waals surface area (Å²) in [6.07, 6.45) is 4.86. The van der Waals surface area contributed by atoms with E-state index in [-0.39, 0.29) is 41.7 Å². The number of aromatic nitrogens is 4. The van der Waals surface area contributed by atoms with Crippen molar-refractivity contribution in [2.45, 2.75) is 71.1 Å². The number of likely N-dealkylation sites (tertiary alicyclic amines) is 1. The summed E-state index contributed by atoms with van der Waals surface area (Å²) in [7, 11) is 4.33. The van der Waals surface area contributed by atoms with E-state index in [1.54, 1.807) is 29.2 Å². The van der Waals surface area contributed by atoms with Gasteiger partial charge in [-0.2, -0.15) is 0 Å². The van der Waals surface area contributed by atoms with Gasteiger partial charge >= 0.3 is 12.2 Å². The van der Waals surface area contributed by atoms with E-state index in [9.17, 15) is 19.2 Å². The van der Waals surface area contributed by atoms with Crippen molar-refractivity contribution < 1.29 is 28.7 Å². The topological polar surface area (TPSA) is 175 Å². The van der Waals surface area contributed by atoms with Crippen LogP contribution in [-0.4, -0.2) is 93.6 Å². The number of H-pyrrole nitrogens is 2. The molecule has 1 saturated heterocycles. The molecule has 2 aromatic heterocycles. The highest BCUT2D eigenvalue weighted by Gasteiger charge is 2.42. The van der Waals surface area contributed by atoms with Gasteiger partial charge in [-0.15, -0.1) is 0 Å². The Bertz CT molecular complexity index is 2050. The molecule has 6 rings (SSSR count). The van der Waals surface area contributed by atoms with Gasteiger partial charge in [-0.05, 0) is 59.3 Å². The van der Waals surface area contributed by atoms with Gasteiger partial charge in [0.1, 0.15) is 23.7 Å². The van der Waals surface area contributed by atoms with Crippen molar-refractivity contribution in [2.24, 2.45) is 17.8 Å². The normalized spacial score (nSPS) is 17.1. The number of likely N-dealkylation sites (N-methyl/N-ethyl adjacent to an activating group) is 1. The molecule has 1 saturated carbocycles. The highest BCUT2D eigenvalue weighted by Crippen LogP contribution is 2.44. The number of nitrogens with zero attached hydrogens (tertiary/aromatic N) is 4. The zero-order chi connectivity index (χ0) is 40.3. The number of amides is 4. The number of ether oxygens (including phenoxy) is 2. The van der Waals surface area contributed by atoms with Crippen molar-refractivity contribution in [1.82, 2.24) is 40.4 Å². The monoisotopic (exact) mass is 764 g/mol. The Labute approximate surface area is 327 Å². The lowest BCUT2D eigenvalue weighted by Crippen LogP contribution is -2.51. The first-order chi connectivity index (χ1) is 26.8. The highest BCUT2D eigenvalue weighted by molar-refractivity contribution is 5.87. The molecule has 1 aliphatic carbocycles. The molecule has 2 aromatic carbocycles. The van der Waals surface area contributed by atoms with Gasteiger partial charge in [0.25, 0.3) is 0 Å². The number of rotatable bonds is 13. The molecule has 4 N–H and O–H groups in total. The van der Waals surface area contributed by atoms with Crippen LogP contribution in [-0.2, 0) is 19.1 Å². The van der Waals surface area contributed by atoms with Gasteiger partial charge in [-0.1, -0.05) is 88.4 Å². The second kappa shape index (κ2) is 16.8. The number of carbonyl (C=O) groups excluding carboxylic acids is 4. The van der Waals surface area contributed by atoms with Crippen LogP contribution in [0, 0.1) is 17.8 Å². The molecule has 56 heavy (non-hydrogen) atoms. The molecule has 14 heteroatoms. The Kier molecular flexibility index (Phi) is 12.0. The average Bonchev–Trinajstić information content (AvgIpc) is 3.52. The van der Waals surface area contributed by atoms with Crippen LogP contribution in [0.5, 0.6) is 0 Å². The van der Waals surface area contributed by atoms with Gasteiger partial charge in [0.15, 0.2) is 0 Å². The Balaban J connectivity index is 1.13. The summed E-state index contributed by atoms with van der Waals surface area (Å²) in [4.78, 5) is 70.9. The first-order valence-corrected chi connectivity index (χ1v) is 19.0. The van der Waals surface area contributed by atoms with E-state index in [0.717, 1.165) is 52.1 Å². The average molecular weight is 765 g/mol. The first-order valence-electron chi connectivity index (χ1n) is 19.0. The zero-order valence-electron chi connectivity index (χ0n) is 33.1. The molecule has 1 aliphatic heterocycles. The third kappa shape index (κ3) is 8.64. The minimum Gasteiger partial charge on any atom is -0.453 e. The molecule has 4 aromatic rings. The van der Waals surface area contributed by atoms with E-state index in [1.807, 2.05) is 52.0 Å². The van der Waals surface area contributed by atoms with Crippen molar-refractivity contribution in [1.29, 1.82) is 0 Å². The predicted molar refractivity (Wildman–Crippen MR) is 212 cm³/mol. The van der Waals surface area contributed by atoms with Crippen LogP contribution in [0.15, 0.2) is 73.1 Å². The Morgan fingerprint density at radius 2 is 1.29 bits per heavy atom. The van der Waals surface area contributed by atoms with E-state index in [4.69, 9.17) is 14.5 Å². The number of nitrogens with one attached hydrogen (secondary N) is 4. The fourth-order valence-electron chi connectivity index (χ4n) is 7.31. The van der Waals surface area contributed by atoms with E-state index in [2.05, 4.69) is 56.4 Å². The van der Waals surface area contributed by atoms with Gasteiger partial charge in [-0.25, -0.2) is 19.6 Å². The number of benzene rings is 2. The fraction of sp³-hybridized carbons (Fsp3) is 0.429. The minimum atomic E-state index is -0.741. The molecule has 0 radical (unpaired) electrons. The third-order valence-electron chi connectivity index (χ3n) is 10.7. The largest absolute Gasteiger partial charge is 0.453 e. The van der Waals surface area contributed by atoms with Crippen LogP contribution >= 0.6 is 0 Å². The number of methoxy groups -OCH3 is 2. The van der Waals surface area contributed by atoms with E-state index in [0.29, 0.717) is 24.6 Å². The Morgan fingerprint density at radius 1 is 0.786 bits per heavy atom. The molecule has 4 amide bonds. The summed E-state index contributed by atoms with van der Waals surface area (Å²) in [5.74, 6) is 0.999. The van der Waals surface area contributed by atoms with Gasteiger partial charge in [0.2, 0.25) is 11.8 Å². The minimum absolute atomic E-state index is 0.125. The summed E-state index contributed by atoms with van der Waals surface area (Å²) in [5.41, 5.74) is 6.59. The lowest BCUT2D eigenvalue weighted by atomic mass is 10.0. The molecule has 4 atom stereocenters. The van der Waals surface area contributed by atoms with Gasteiger partial charge in [0, 0.05) is 13.6 Å². The molecule has 3 heterocycles. The van der Waals surface area contributed by atoms with Crippen molar-refractivity contribution in [3.63, 3.8) is 0 Å². The fourth-order valence-corrected chi connectivity index (χ4v) is 7.31.